The molecule has 83 heavy (non-hydrogen) atoms. The number of rotatable bonds is 14. The molecule has 0 spiro atoms. The summed E-state index contributed by atoms with van der Waals surface area (Å²) < 4.78 is 33.8. The zero-order chi connectivity index (χ0) is 64.1. The Kier molecular flexibility index (Phi) is 30.9. The van der Waals surface area contributed by atoms with E-state index in [-0.39, 0.29) is 37.0 Å². The van der Waals surface area contributed by atoms with Gasteiger partial charge in [-0.2, -0.15) is 0 Å². The molecule has 472 valence electrons. The first-order chi connectivity index (χ1) is 38.3. The molecule has 0 aromatic rings. The number of esters is 6. The molecule has 0 bridgehead atoms. The molecule has 1 aliphatic heterocycles. The van der Waals surface area contributed by atoms with Crippen molar-refractivity contribution in [3.63, 3.8) is 0 Å². The number of carbonyl (C=O) groups is 13. The van der Waals surface area contributed by atoms with Gasteiger partial charge < -0.3 is 65.4 Å². The molecular weight excluding hydrogens is 1090 g/mol. The van der Waals surface area contributed by atoms with Gasteiger partial charge in [0.2, 0.25) is 0 Å². The lowest BCUT2D eigenvalue weighted by molar-refractivity contribution is -0.167. The maximum Gasteiger partial charge on any atom is 0.329 e. The summed E-state index contributed by atoms with van der Waals surface area (Å²) in [5.41, 5.74) is 0. The van der Waals surface area contributed by atoms with E-state index >= 15 is 0 Å². The fourth-order valence-corrected chi connectivity index (χ4v) is 8.05. The number of cyclic esters (lactones) is 6. The molecule has 0 aromatic carbocycles. The van der Waals surface area contributed by atoms with Crippen molar-refractivity contribution in [1.82, 2.24) is 31.9 Å². The standard InChI is InChI=1S/C57H94N6O20/c1-25(2)22-37-46(66)58-34(18)53(73)82-44(31(13)14)50(70)62-42(29(9)10)57(77)80-39(24-27(5)6)48(68)60-35(19)54(74)83-45(32(15)16)51(71)63-41(28(7)8)56(76)79-38(23-26(3)4)47(67)59-33(17)52(72)81-43(30(11)12)49(69)61-36(55(75)78-37)20-21-40(64)65/h25-39,41-45H,20-24H2,1-19H3,(H,58,66)(H,59,67)(H,60,68)(H,61,69)(H,62,70)(H,63,71)(H,64,65)/t33-,34-,35-,36+,37-,38-,39-,41+,42+,43+,44+,45+/m1/s1. The third kappa shape index (κ3) is 25.2. The number of hydrogen-bond donors (Lipinski definition) is 7. The van der Waals surface area contributed by atoms with Crippen molar-refractivity contribution >= 4 is 77.2 Å². The number of nitrogens with one attached hydrogen (secondary N) is 6. The molecule has 1 rings (SSSR count). The minimum absolute atomic E-state index is 0.0548. The van der Waals surface area contributed by atoms with Crippen molar-refractivity contribution in [2.45, 2.75) is 237 Å². The first-order valence-corrected chi connectivity index (χ1v) is 28.6. The molecule has 0 saturated carbocycles. The summed E-state index contributed by atoms with van der Waals surface area (Å²) in [6.45, 7) is 29.5. The van der Waals surface area contributed by atoms with E-state index in [2.05, 4.69) is 31.9 Å². The van der Waals surface area contributed by atoms with E-state index in [0.717, 1.165) is 0 Å². The van der Waals surface area contributed by atoms with Crippen molar-refractivity contribution in [3.05, 3.63) is 0 Å². The van der Waals surface area contributed by atoms with Crippen LogP contribution in [0, 0.1) is 47.3 Å². The monoisotopic (exact) mass is 1180 g/mol. The SMILES string of the molecule is CC(C)C[C@H]1OC(=O)[C@H](CCC(=O)O)NC(=O)[C@H](C(C)C)OC(=O)[C@@H](C)NC(=O)[C@@H](CC(C)C)OC(=O)[C@H](C(C)C)NC(=O)[C@H](C(C)C)OC(=O)[C@@H](C)NC(=O)[C@@H](CC(C)C)OC(=O)[C@H](C(C)C)NC(=O)[C@H](C(C)C)OC(=O)[C@@H](C)NC1=O. The van der Waals surface area contributed by atoms with E-state index in [4.69, 9.17) is 28.4 Å². The molecule has 0 radical (unpaired) electrons. The molecule has 6 amide bonds. The van der Waals surface area contributed by atoms with E-state index in [1.54, 1.807) is 96.9 Å². The van der Waals surface area contributed by atoms with Crippen LogP contribution in [0.15, 0.2) is 0 Å². The zero-order valence-corrected chi connectivity index (χ0v) is 51.8. The molecule has 0 aromatic heterocycles. The van der Waals surface area contributed by atoms with Gasteiger partial charge in [-0.05, 0) is 93.8 Å². The summed E-state index contributed by atoms with van der Waals surface area (Å²) in [5.74, 6) is -18.4. The lowest BCUT2D eigenvalue weighted by Gasteiger charge is -2.29. The fraction of sp³-hybridized carbons (Fsp3) is 0.772. The molecular formula is C57H94N6O20. The van der Waals surface area contributed by atoms with Crippen LogP contribution in [0.4, 0.5) is 0 Å². The minimum atomic E-state index is -1.74. The molecule has 7 N–H and O–H groups in total. The highest BCUT2D eigenvalue weighted by molar-refractivity contribution is 5.96. The summed E-state index contributed by atoms with van der Waals surface area (Å²) in [4.78, 5) is 178. The largest absolute Gasteiger partial charge is 0.481 e. The van der Waals surface area contributed by atoms with Gasteiger partial charge in [-0.1, -0.05) is 111 Å². The molecule has 1 saturated heterocycles. The van der Waals surface area contributed by atoms with Crippen LogP contribution in [0.1, 0.15) is 164 Å². The van der Waals surface area contributed by atoms with Crippen LogP contribution in [0.3, 0.4) is 0 Å². The Bertz CT molecular complexity index is 2280. The van der Waals surface area contributed by atoms with Crippen LogP contribution < -0.4 is 31.9 Å². The summed E-state index contributed by atoms with van der Waals surface area (Å²) in [6.07, 6.45) is -11.0. The van der Waals surface area contributed by atoms with E-state index < -0.39 is 193 Å². The molecule has 12 atom stereocenters. The molecule has 1 heterocycles. The molecule has 0 aliphatic carbocycles. The van der Waals surface area contributed by atoms with Crippen LogP contribution in [-0.4, -0.2) is 155 Å². The quantitative estimate of drug-likeness (QED) is 0.0971. The maximum absolute atomic E-state index is 13.9. The second-order valence-electron chi connectivity index (χ2n) is 24.1. The second kappa shape index (κ2) is 34.7. The minimum Gasteiger partial charge on any atom is -0.481 e. The van der Waals surface area contributed by atoms with E-state index in [1.807, 2.05) is 0 Å². The van der Waals surface area contributed by atoms with Crippen molar-refractivity contribution in [2.75, 3.05) is 0 Å². The Labute approximate surface area is 487 Å². The Hall–Kier alpha value is -6.89. The van der Waals surface area contributed by atoms with Gasteiger partial charge in [0.15, 0.2) is 36.6 Å². The predicted octanol–water partition coefficient (Wildman–Crippen LogP) is 2.72. The van der Waals surface area contributed by atoms with Gasteiger partial charge in [0.1, 0.15) is 36.3 Å². The average Bonchev–Trinajstić information content (AvgIpc) is 3.39. The second-order valence-corrected chi connectivity index (χ2v) is 24.1. The predicted molar refractivity (Wildman–Crippen MR) is 297 cm³/mol. The first kappa shape index (κ1) is 74.1. The molecule has 0 unspecified atom stereocenters. The maximum atomic E-state index is 13.9. The number of hydrogen-bond acceptors (Lipinski definition) is 19. The Morgan fingerprint density at radius 2 is 0.627 bits per heavy atom. The van der Waals surface area contributed by atoms with Crippen molar-refractivity contribution in [2.24, 2.45) is 47.3 Å². The third-order valence-corrected chi connectivity index (χ3v) is 12.9. The van der Waals surface area contributed by atoms with Crippen LogP contribution in [-0.2, 0) is 90.8 Å². The molecule has 1 fully saturated rings. The molecule has 1 aliphatic rings. The number of carbonyl (C=O) groups excluding carboxylic acids is 12. The van der Waals surface area contributed by atoms with Gasteiger partial charge in [0, 0.05) is 6.42 Å². The van der Waals surface area contributed by atoms with Crippen molar-refractivity contribution < 1.29 is 95.9 Å². The number of carboxylic acid groups (broad SMARTS) is 1. The Balaban J connectivity index is 3.98. The topological polar surface area (TPSA) is 370 Å². The van der Waals surface area contributed by atoms with Gasteiger partial charge in [0.25, 0.3) is 35.4 Å². The van der Waals surface area contributed by atoms with Crippen LogP contribution in [0.25, 0.3) is 0 Å². The number of amides is 6. The summed E-state index contributed by atoms with van der Waals surface area (Å²) in [5, 5.41) is 24.3. The van der Waals surface area contributed by atoms with Gasteiger partial charge in [-0.25, -0.2) is 28.8 Å². The zero-order valence-electron chi connectivity index (χ0n) is 51.8. The number of aliphatic carboxylic acids is 1. The smallest absolute Gasteiger partial charge is 0.329 e. The van der Waals surface area contributed by atoms with E-state index in [0.29, 0.717) is 0 Å². The van der Waals surface area contributed by atoms with Crippen molar-refractivity contribution in [1.29, 1.82) is 0 Å². The normalized spacial score (nSPS) is 27.7. The lowest BCUT2D eigenvalue weighted by Crippen LogP contribution is -2.55. The summed E-state index contributed by atoms with van der Waals surface area (Å²) in [6, 6.07) is -9.04. The van der Waals surface area contributed by atoms with Gasteiger partial charge >= 0.3 is 41.8 Å². The van der Waals surface area contributed by atoms with Crippen molar-refractivity contribution in [3.8, 4) is 0 Å². The highest BCUT2D eigenvalue weighted by atomic mass is 16.6. The van der Waals surface area contributed by atoms with Crippen LogP contribution in [0.5, 0.6) is 0 Å². The summed E-state index contributed by atoms with van der Waals surface area (Å²) in [7, 11) is 0. The number of carboxylic acids is 1. The highest BCUT2D eigenvalue weighted by Crippen LogP contribution is 2.20. The van der Waals surface area contributed by atoms with E-state index in [1.165, 1.54) is 34.6 Å². The summed E-state index contributed by atoms with van der Waals surface area (Å²) >= 11 is 0. The van der Waals surface area contributed by atoms with Crippen LogP contribution >= 0.6 is 0 Å². The van der Waals surface area contributed by atoms with Gasteiger partial charge in [-0.3, -0.25) is 33.6 Å². The first-order valence-electron chi connectivity index (χ1n) is 28.6. The third-order valence-electron chi connectivity index (χ3n) is 12.9. The fourth-order valence-electron chi connectivity index (χ4n) is 8.05. The molecule has 26 nitrogen and oxygen atoms in total. The number of ether oxygens (including phenoxy) is 6. The van der Waals surface area contributed by atoms with E-state index in [9.17, 15) is 67.4 Å². The highest BCUT2D eigenvalue weighted by Gasteiger charge is 2.41. The Morgan fingerprint density at radius 1 is 0.361 bits per heavy atom. The van der Waals surface area contributed by atoms with Gasteiger partial charge in [-0.15, -0.1) is 0 Å². The van der Waals surface area contributed by atoms with Gasteiger partial charge in [0.05, 0.1) is 0 Å². The average molecular weight is 1180 g/mol. The Morgan fingerprint density at radius 3 is 0.867 bits per heavy atom. The lowest BCUT2D eigenvalue weighted by atomic mass is 10.0. The molecule has 26 heteroatoms. The van der Waals surface area contributed by atoms with Crippen LogP contribution in [0.2, 0.25) is 0 Å².